The van der Waals surface area contributed by atoms with E-state index < -0.39 is 0 Å². The van der Waals surface area contributed by atoms with Crippen LogP contribution in [0.1, 0.15) is 5.56 Å². The van der Waals surface area contributed by atoms with Crippen molar-refractivity contribution in [2.24, 2.45) is 0 Å². The molecule has 106 valence electrons. The van der Waals surface area contributed by atoms with Crippen LogP contribution in [-0.2, 0) is 11.2 Å². The Morgan fingerprint density at radius 2 is 2.24 bits per heavy atom. The highest BCUT2D eigenvalue weighted by Crippen LogP contribution is 2.24. The van der Waals surface area contributed by atoms with Gasteiger partial charge >= 0.3 is 0 Å². The maximum atomic E-state index is 12.0. The van der Waals surface area contributed by atoms with Crippen molar-refractivity contribution >= 4 is 22.6 Å². The SMILES string of the molecule is COc1ccc2cccc(CC(=O)Nc3nn[nH]n3)c2c1. The zero-order chi connectivity index (χ0) is 14.7. The molecule has 2 N–H and O–H groups in total. The molecule has 0 aliphatic rings. The fourth-order valence-corrected chi connectivity index (χ4v) is 2.15. The number of nitrogens with zero attached hydrogens (tertiary/aromatic N) is 3. The zero-order valence-corrected chi connectivity index (χ0v) is 11.3. The van der Waals surface area contributed by atoms with Crippen molar-refractivity contribution in [1.82, 2.24) is 20.6 Å². The number of nitrogens with one attached hydrogen (secondary N) is 2. The lowest BCUT2D eigenvalue weighted by Crippen LogP contribution is -2.15. The Morgan fingerprint density at radius 3 is 3.00 bits per heavy atom. The first kappa shape index (κ1) is 13.0. The highest BCUT2D eigenvalue weighted by molar-refractivity contribution is 5.95. The number of carbonyl (C=O) groups excluding carboxylic acids is 1. The van der Waals surface area contributed by atoms with E-state index in [9.17, 15) is 4.79 Å². The Morgan fingerprint density at radius 1 is 1.33 bits per heavy atom. The van der Waals surface area contributed by atoms with Gasteiger partial charge in [0.05, 0.1) is 13.5 Å². The maximum Gasteiger partial charge on any atom is 0.269 e. The normalized spacial score (nSPS) is 10.5. The van der Waals surface area contributed by atoms with Crippen LogP contribution in [0.2, 0.25) is 0 Å². The lowest BCUT2D eigenvalue weighted by molar-refractivity contribution is -0.115. The first-order valence-corrected chi connectivity index (χ1v) is 6.35. The van der Waals surface area contributed by atoms with Crippen LogP contribution < -0.4 is 10.1 Å². The average Bonchev–Trinajstić information content (AvgIpc) is 3.00. The monoisotopic (exact) mass is 283 g/mol. The second-order valence-electron chi connectivity index (χ2n) is 4.46. The topological polar surface area (TPSA) is 92.8 Å². The highest BCUT2D eigenvalue weighted by atomic mass is 16.5. The molecule has 0 bridgehead atoms. The summed E-state index contributed by atoms with van der Waals surface area (Å²) in [7, 11) is 1.62. The molecule has 1 aromatic heterocycles. The van der Waals surface area contributed by atoms with E-state index in [0.29, 0.717) is 0 Å². The van der Waals surface area contributed by atoms with Gasteiger partial charge < -0.3 is 4.74 Å². The number of rotatable bonds is 4. The Bertz CT molecular complexity index is 770. The van der Waals surface area contributed by atoms with Gasteiger partial charge in [0.1, 0.15) is 5.75 Å². The molecular formula is C14H13N5O2. The molecule has 7 nitrogen and oxygen atoms in total. The Labute approximate surface area is 120 Å². The van der Waals surface area contributed by atoms with E-state index in [1.54, 1.807) is 7.11 Å². The molecule has 3 rings (SSSR count). The molecule has 1 heterocycles. The zero-order valence-electron chi connectivity index (χ0n) is 11.3. The van der Waals surface area contributed by atoms with E-state index in [2.05, 4.69) is 25.9 Å². The molecule has 0 unspecified atom stereocenters. The fraction of sp³-hybridized carbons (Fsp3) is 0.143. The van der Waals surface area contributed by atoms with Gasteiger partial charge in [-0.05, 0) is 33.7 Å². The van der Waals surface area contributed by atoms with Gasteiger partial charge in [-0.2, -0.15) is 5.21 Å². The molecule has 0 saturated heterocycles. The summed E-state index contributed by atoms with van der Waals surface area (Å²) < 4.78 is 5.23. The Hall–Kier alpha value is -2.96. The molecular weight excluding hydrogens is 270 g/mol. The quantitative estimate of drug-likeness (QED) is 0.757. The van der Waals surface area contributed by atoms with Crippen molar-refractivity contribution in [3.8, 4) is 5.75 Å². The summed E-state index contributed by atoms with van der Waals surface area (Å²) in [6, 6.07) is 11.6. The van der Waals surface area contributed by atoms with Crippen LogP contribution in [0.4, 0.5) is 5.95 Å². The lowest BCUT2D eigenvalue weighted by Gasteiger charge is -2.08. The van der Waals surface area contributed by atoms with Crippen molar-refractivity contribution in [1.29, 1.82) is 0 Å². The van der Waals surface area contributed by atoms with E-state index in [0.717, 1.165) is 22.1 Å². The number of H-pyrrole nitrogens is 1. The van der Waals surface area contributed by atoms with E-state index >= 15 is 0 Å². The van der Waals surface area contributed by atoms with E-state index in [1.165, 1.54) is 0 Å². The third kappa shape index (κ3) is 2.81. The molecule has 0 aliphatic heterocycles. The smallest absolute Gasteiger partial charge is 0.269 e. The summed E-state index contributed by atoms with van der Waals surface area (Å²) >= 11 is 0. The number of benzene rings is 2. The van der Waals surface area contributed by atoms with Gasteiger partial charge in [0, 0.05) is 0 Å². The number of carbonyl (C=O) groups is 1. The van der Waals surface area contributed by atoms with Crippen molar-refractivity contribution in [2.45, 2.75) is 6.42 Å². The minimum absolute atomic E-state index is 0.165. The number of aromatic nitrogens is 4. The van der Waals surface area contributed by atoms with Gasteiger partial charge in [-0.15, -0.1) is 5.10 Å². The van der Waals surface area contributed by atoms with Gasteiger partial charge in [-0.3, -0.25) is 10.1 Å². The summed E-state index contributed by atoms with van der Waals surface area (Å²) in [6.07, 6.45) is 0.221. The van der Waals surface area contributed by atoms with Crippen LogP contribution in [0.25, 0.3) is 10.8 Å². The van der Waals surface area contributed by atoms with Crippen LogP contribution in [0.3, 0.4) is 0 Å². The van der Waals surface area contributed by atoms with Crippen LogP contribution in [0.15, 0.2) is 36.4 Å². The number of fused-ring (bicyclic) bond motifs is 1. The number of anilines is 1. The molecule has 3 aromatic rings. The molecule has 0 fully saturated rings. The Kier molecular flexibility index (Phi) is 3.46. The molecule has 0 spiro atoms. The van der Waals surface area contributed by atoms with Gasteiger partial charge in [0.25, 0.3) is 5.95 Å². The molecule has 7 heteroatoms. The van der Waals surface area contributed by atoms with Gasteiger partial charge in [0.15, 0.2) is 0 Å². The number of amides is 1. The summed E-state index contributed by atoms with van der Waals surface area (Å²) in [5.41, 5.74) is 0.910. The molecule has 0 atom stereocenters. The summed E-state index contributed by atoms with van der Waals surface area (Å²) in [5.74, 6) is 0.720. The van der Waals surface area contributed by atoms with E-state index in [1.807, 2.05) is 36.4 Å². The van der Waals surface area contributed by atoms with Gasteiger partial charge in [0.2, 0.25) is 5.91 Å². The van der Waals surface area contributed by atoms with E-state index in [4.69, 9.17) is 4.74 Å². The molecule has 21 heavy (non-hydrogen) atoms. The predicted octanol–water partition coefficient (Wildman–Crippen LogP) is 1.54. The molecule has 0 saturated carbocycles. The largest absolute Gasteiger partial charge is 0.497 e. The number of methoxy groups -OCH3 is 1. The summed E-state index contributed by atoms with van der Waals surface area (Å²) in [5, 5.41) is 17.7. The highest BCUT2D eigenvalue weighted by Gasteiger charge is 2.10. The van der Waals surface area contributed by atoms with Gasteiger partial charge in [-0.25, -0.2) is 0 Å². The standard InChI is InChI=1S/C14H13N5O2/c1-21-11-6-5-9-3-2-4-10(12(9)8-11)7-13(20)15-14-16-18-19-17-14/h2-6,8H,7H2,1H3,(H2,15,16,17,18,19,20). The molecule has 0 radical (unpaired) electrons. The van der Waals surface area contributed by atoms with Crippen molar-refractivity contribution in [2.75, 3.05) is 12.4 Å². The number of tetrazole rings is 1. The average molecular weight is 283 g/mol. The first-order chi connectivity index (χ1) is 10.3. The number of ether oxygens (including phenoxy) is 1. The van der Waals surface area contributed by atoms with Crippen molar-refractivity contribution in [3.05, 3.63) is 42.0 Å². The van der Waals surface area contributed by atoms with Crippen molar-refractivity contribution < 1.29 is 9.53 Å². The second kappa shape index (κ2) is 5.58. The predicted molar refractivity (Wildman–Crippen MR) is 77.0 cm³/mol. The summed E-state index contributed by atoms with van der Waals surface area (Å²) in [6.45, 7) is 0. The van der Waals surface area contributed by atoms with Crippen LogP contribution in [-0.4, -0.2) is 33.6 Å². The maximum absolute atomic E-state index is 12.0. The van der Waals surface area contributed by atoms with E-state index in [-0.39, 0.29) is 18.3 Å². The number of hydrogen-bond donors (Lipinski definition) is 2. The summed E-state index contributed by atoms with van der Waals surface area (Å²) in [4.78, 5) is 12.0. The van der Waals surface area contributed by atoms with Crippen LogP contribution in [0.5, 0.6) is 5.75 Å². The van der Waals surface area contributed by atoms with Crippen LogP contribution in [0, 0.1) is 0 Å². The van der Waals surface area contributed by atoms with Crippen LogP contribution >= 0.6 is 0 Å². The Balaban J connectivity index is 1.87. The number of hydrogen-bond acceptors (Lipinski definition) is 5. The molecule has 0 aliphatic carbocycles. The minimum atomic E-state index is -0.202. The second-order valence-corrected chi connectivity index (χ2v) is 4.46. The van der Waals surface area contributed by atoms with Crippen molar-refractivity contribution in [3.63, 3.8) is 0 Å². The third-order valence-electron chi connectivity index (χ3n) is 3.13. The minimum Gasteiger partial charge on any atom is -0.497 e. The van der Waals surface area contributed by atoms with Gasteiger partial charge in [-0.1, -0.05) is 29.4 Å². The lowest BCUT2D eigenvalue weighted by atomic mass is 10.0. The molecule has 2 aromatic carbocycles. The number of aromatic amines is 1. The fourth-order valence-electron chi connectivity index (χ4n) is 2.15. The third-order valence-corrected chi connectivity index (χ3v) is 3.13. The molecule has 1 amide bonds. The first-order valence-electron chi connectivity index (χ1n) is 6.35.